The Morgan fingerprint density at radius 3 is 2.34 bits per heavy atom. The molecule has 0 atom stereocenters. The van der Waals surface area contributed by atoms with E-state index in [-0.39, 0.29) is 29.5 Å². The van der Waals surface area contributed by atoms with Gasteiger partial charge in [-0.1, -0.05) is 46.7 Å². The summed E-state index contributed by atoms with van der Waals surface area (Å²) in [7, 11) is 2.68. The highest BCUT2D eigenvalue weighted by atomic mass is 19.4. The van der Waals surface area contributed by atoms with E-state index in [1.807, 2.05) is 0 Å². The second-order valence-corrected chi connectivity index (χ2v) is 6.45. The molecule has 0 N–H and O–H groups in total. The largest absolute Gasteiger partial charge is 0.479 e. The lowest BCUT2D eigenvalue weighted by atomic mass is 10.0. The van der Waals surface area contributed by atoms with Gasteiger partial charge in [0, 0.05) is 18.1 Å². The van der Waals surface area contributed by atoms with Crippen LogP contribution in [0.15, 0.2) is 63.8 Å². The molecule has 0 saturated heterocycles. The number of carbonyl (C=O) groups excluding carboxylic acids is 1. The molecule has 1 amide bonds. The number of halogens is 3. The Morgan fingerprint density at radius 1 is 1.00 bits per heavy atom. The molecule has 0 heterocycles. The molecule has 2 aromatic rings. The number of alkyl halides is 3. The second kappa shape index (κ2) is 11.1. The minimum atomic E-state index is -4.45. The molecule has 32 heavy (non-hydrogen) atoms. The average molecular weight is 449 g/mol. The molecular weight excluding hydrogens is 427 g/mol. The maximum Gasteiger partial charge on any atom is 0.416 e. The van der Waals surface area contributed by atoms with Crippen molar-refractivity contribution in [3.8, 4) is 0 Å². The van der Waals surface area contributed by atoms with Gasteiger partial charge >= 0.3 is 6.18 Å². The maximum atomic E-state index is 12.9. The van der Waals surface area contributed by atoms with E-state index in [1.165, 1.54) is 33.3 Å². The topological polar surface area (TPSA) is 81.8 Å². The van der Waals surface area contributed by atoms with Crippen LogP contribution in [0.3, 0.4) is 0 Å². The minimum absolute atomic E-state index is 0.0354. The van der Waals surface area contributed by atoms with Gasteiger partial charge in [0.05, 0.1) is 18.4 Å². The van der Waals surface area contributed by atoms with Crippen molar-refractivity contribution in [2.75, 3.05) is 14.2 Å². The number of benzene rings is 2. The van der Waals surface area contributed by atoms with Gasteiger partial charge in [0.15, 0.2) is 5.71 Å². The van der Waals surface area contributed by atoms with E-state index < -0.39 is 17.6 Å². The Kier molecular flexibility index (Phi) is 8.51. The molecule has 0 saturated carbocycles. The van der Waals surface area contributed by atoms with Crippen LogP contribution in [0.25, 0.3) is 0 Å². The van der Waals surface area contributed by atoms with Crippen molar-refractivity contribution < 1.29 is 32.4 Å². The molecule has 170 valence electrons. The van der Waals surface area contributed by atoms with Crippen molar-refractivity contribution in [3.05, 3.63) is 70.8 Å². The third-order valence-electron chi connectivity index (χ3n) is 4.14. The Balaban J connectivity index is 2.29. The quantitative estimate of drug-likeness (QED) is 0.352. The first-order valence-electron chi connectivity index (χ1n) is 9.34. The summed E-state index contributed by atoms with van der Waals surface area (Å²) in [4.78, 5) is 25.5. The highest BCUT2D eigenvalue weighted by molar-refractivity contribution is 6.46. The summed E-state index contributed by atoms with van der Waals surface area (Å²) in [5.41, 5.74) is 1.08. The molecular formula is C22H22F3N3O4. The predicted octanol–water partition coefficient (Wildman–Crippen LogP) is 4.59. The molecule has 0 unspecified atom stereocenters. The fraction of sp³-hybridized carbons (Fsp3) is 0.273. The number of amides is 1. The van der Waals surface area contributed by atoms with E-state index in [1.54, 1.807) is 31.2 Å². The maximum absolute atomic E-state index is 12.9. The SMILES string of the molecule is CO/N=C(/C(=NC(C)=O)OC)c1ccccc1CON=C(C)c1cccc(C(F)(F)F)c1. The molecule has 0 spiro atoms. The van der Waals surface area contributed by atoms with E-state index >= 15 is 0 Å². The van der Waals surface area contributed by atoms with Gasteiger partial charge in [-0.05, 0) is 24.6 Å². The molecule has 0 aliphatic carbocycles. The first-order valence-corrected chi connectivity index (χ1v) is 9.34. The summed E-state index contributed by atoms with van der Waals surface area (Å²) in [5.74, 6) is -0.531. The van der Waals surface area contributed by atoms with E-state index in [9.17, 15) is 18.0 Å². The number of aliphatic imine (C=N–C) groups is 1. The van der Waals surface area contributed by atoms with E-state index in [2.05, 4.69) is 15.3 Å². The lowest BCUT2D eigenvalue weighted by Gasteiger charge is -2.12. The highest BCUT2D eigenvalue weighted by Crippen LogP contribution is 2.29. The molecule has 0 aliphatic heterocycles. The number of hydrogen-bond acceptors (Lipinski definition) is 6. The van der Waals surface area contributed by atoms with Gasteiger partial charge < -0.3 is 14.4 Å². The van der Waals surface area contributed by atoms with Gasteiger partial charge in [-0.15, -0.1) is 0 Å². The van der Waals surface area contributed by atoms with Crippen LogP contribution >= 0.6 is 0 Å². The van der Waals surface area contributed by atoms with Crippen molar-refractivity contribution in [2.24, 2.45) is 15.3 Å². The number of hydrogen-bond donors (Lipinski definition) is 0. The third-order valence-corrected chi connectivity index (χ3v) is 4.14. The second-order valence-electron chi connectivity index (χ2n) is 6.45. The van der Waals surface area contributed by atoms with Crippen LogP contribution in [0.1, 0.15) is 36.1 Å². The van der Waals surface area contributed by atoms with E-state index in [4.69, 9.17) is 14.4 Å². The molecule has 2 rings (SSSR count). The smallest absolute Gasteiger partial charge is 0.416 e. The van der Waals surface area contributed by atoms with Crippen LogP contribution in [0, 0.1) is 0 Å². The zero-order valence-corrected chi connectivity index (χ0v) is 17.9. The van der Waals surface area contributed by atoms with Crippen LogP contribution in [0.4, 0.5) is 13.2 Å². The molecule has 0 fully saturated rings. The van der Waals surface area contributed by atoms with Crippen molar-refractivity contribution in [1.29, 1.82) is 0 Å². The summed E-state index contributed by atoms with van der Waals surface area (Å²) in [6, 6.07) is 11.7. The number of ether oxygens (including phenoxy) is 1. The summed E-state index contributed by atoms with van der Waals surface area (Å²) >= 11 is 0. The monoisotopic (exact) mass is 449 g/mol. The predicted molar refractivity (Wildman–Crippen MR) is 114 cm³/mol. The van der Waals surface area contributed by atoms with Crippen molar-refractivity contribution >= 4 is 23.2 Å². The van der Waals surface area contributed by atoms with E-state index in [0.29, 0.717) is 11.1 Å². The van der Waals surface area contributed by atoms with Crippen LogP contribution in [-0.4, -0.2) is 37.4 Å². The molecule has 10 heteroatoms. The molecule has 0 aliphatic rings. The van der Waals surface area contributed by atoms with Crippen LogP contribution in [-0.2, 0) is 32.0 Å². The zero-order valence-electron chi connectivity index (χ0n) is 17.9. The number of oxime groups is 2. The minimum Gasteiger partial charge on any atom is -0.479 e. The normalized spacial score (nSPS) is 13.0. The number of carbonyl (C=O) groups is 1. The Morgan fingerprint density at radius 2 is 1.72 bits per heavy atom. The molecule has 0 radical (unpaired) electrons. The van der Waals surface area contributed by atoms with Crippen molar-refractivity contribution in [2.45, 2.75) is 26.6 Å². The van der Waals surface area contributed by atoms with Crippen molar-refractivity contribution in [1.82, 2.24) is 0 Å². The fourth-order valence-corrected chi connectivity index (χ4v) is 2.68. The number of methoxy groups -OCH3 is 1. The molecule has 2 aromatic carbocycles. The highest BCUT2D eigenvalue weighted by Gasteiger charge is 2.30. The van der Waals surface area contributed by atoms with Gasteiger partial charge in [-0.3, -0.25) is 4.79 Å². The lowest BCUT2D eigenvalue weighted by Crippen LogP contribution is -2.21. The van der Waals surface area contributed by atoms with Gasteiger partial charge in [0.1, 0.15) is 13.7 Å². The van der Waals surface area contributed by atoms with Gasteiger partial charge in [-0.25, -0.2) is 0 Å². The number of nitrogens with zero attached hydrogens (tertiary/aromatic N) is 3. The average Bonchev–Trinajstić information content (AvgIpc) is 2.76. The zero-order chi connectivity index (χ0) is 23.7. The lowest BCUT2D eigenvalue weighted by molar-refractivity contribution is -0.137. The summed E-state index contributed by atoms with van der Waals surface area (Å²) in [6.07, 6.45) is -4.45. The third kappa shape index (κ3) is 6.66. The first-order chi connectivity index (χ1) is 15.2. The van der Waals surface area contributed by atoms with Crippen LogP contribution in [0.2, 0.25) is 0 Å². The molecule has 0 bridgehead atoms. The summed E-state index contributed by atoms with van der Waals surface area (Å²) in [5, 5.41) is 7.85. The van der Waals surface area contributed by atoms with Gasteiger partial charge in [0.2, 0.25) is 11.8 Å². The molecule has 7 nitrogen and oxygen atoms in total. The fourth-order valence-electron chi connectivity index (χ4n) is 2.68. The Bertz CT molecular complexity index is 1050. The summed E-state index contributed by atoms with van der Waals surface area (Å²) < 4.78 is 44.0. The van der Waals surface area contributed by atoms with Gasteiger partial charge in [0.25, 0.3) is 0 Å². The molecule has 0 aromatic heterocycles. The first kappa shape index (κ1) is 24.6. The van der Waals surface area contributed by atoms with E-state index in [0.717, 1.165) is 12.1 Å². The Labute approximate surface area is 183 Å². The number of rotatable bonds is 7. The standard InChI is InChI=1S/C22H22F3N3O4/c1-14(16-9-7-10-18(12-16)22(23,24)25)27-32-13-17-8-5-6-11-19(17)20(28-31-4)21(30-3)26-15(2)29/h5-12H,13H2,1-4H3/b26-21?,27-14?,28-20+. The van der Waals surface area contributed by atoms with Crippen LogP contribution < -0.4 is 0 Å². The van der Waals surface area contributed by atoms with Crippen LogP contribution in [0.5, 0.6) is 0 Å². The summed E-state index contributed by atoms with van der Waals surface area (Å²) in [6.45, 7) is 2.78. The van der Waals surface area contributed by atoms with Crippen molar-refractivity contribution in [3.63, 3.8) is 0 Å². The Hall–Kier alpha value is -3.69. The van der Waals surface area contributed by atoms with Gasteiger partial charge in [-0.2, -0.15) is 18.2 Å².